The van der Waals surface area contributed by atoms with Crippen molar-refractivity contribution in [3.63, 3.8) is 0 Å². The second-order valence-corrected chi connectivity index (χ2v) is 7.45. The van der Waals surface area contributed by atoms with Gasteiger partial charge in [-0.1, -0.05) is 78.9 Å². The molecular weight excluding hydrogens is 418 g/mol. The van der Waals surface area contributed by atoms with Crippen molar-refractivity contribution in [3.05, 3.63) is 108 Å². The van der Waals surface area contributed by atoms with E-state index in [1.165, 1.54) is 13.3 Å². The molecule has 33 heavy (non-hydrogen) atoms. The Morgan fingerprint density at radius 2 is 1.55 bits per heavy atom. The molecule has 0 aliphatic heterocycles. The van der Waals surface area contributed by atoms with Crippen LogP contribution in [0.1, 0.15) is 16.7 Å². The first-order valence-electron chi connectivity index (χ1n) is 10.4. The molecule has 0 aliphatic rings. The maximum atomic E-state index is 13.2. The summed E-state index contributed by atoms with van der Waals surface area (Å²) in [5.74, 6) is -1.06. The van der Waals surface area contributed by atoms with Crippen LogP contribution in [0.4, 0.5) is 0 Å². The number of rotatable bonds is 7. The number of nitrogens with one attached hydrogen (secondary N) is 1. The number of benzene rings is 3. The molecule has 4 rings (SSSR count). The lowest BCUT2D eigenvalue weighted by molar-refractivity contribution is -0.141. The Balaban J connectivity index is 1.63. The number of para-hydroxylation sites is 1. The molecule has 7 heteroatoms. The maximum absolute atomic E-state index is 13.2. The third kappa shape index (κ3) is 4.40. The maximum Gasteiger partial charge on any atom is 0.325 e. The number of hydrazone groups is 1. The first kappa shape index (κ1) is 22.0. The van der Waals surface area contributed by atoms with E-state index in [9.17, 15) is 14.7 Å². The Hall–Kier alpha value is -4.23. The molecule has 0 saturated carbocycles. The van der Waals surface area contributed by atoms with Crippen molar-refractivity contribution in [3.8, 4) is 0 Å². The van der Waals surface area contributed by atoms with Crippen molar-refractivity contribution in [1.29, 1.82) is 0 Å². The van der Waals surface area contributed by atoms with E-state index in [-0.39, 0.29) is 12.5 Å². The fourth-order valence-electron chi connectivity index (χ4n) is 3.74. The van der Waals surface area contributed by atoms with Gasteiger partial charge in [-0.25, -0.2) is 5.43 Å². The van der Waals surface area contributed by atoms with Crippen molar-refractivity contribution in [2.24, 2.45) is 5.10 Å². The highest BCUT2D eigenvalue weighted by Gasteiger charge is 2.39. The Labute approximate surface area is 190 Å². The van der Waals surface area contributed by atoms with Crippen LogP contribution in [-0.2, 0) is 26.5 Å². The molecule has 0 aliphatic carbocycles. The second-order valence-electron chi connectivity index (χ2n) is 7.45. The van der Waals surface area contributed by atoms with Gasteiger partial charge >= 0.3 is 5.97 Å². The van der Waals surface area contributed by atoms with Crippen LogP contribution in [0.2, 0.25) is 0 Å². The molecule has 0 bridgehead atoms. The standard InChI is InChI=1S/C26H23N3O4/c1-33-24(30)18-29-17-19(22-14-8-9-15-23(22)29)16-27-28-25(31)26(32,20-10-4-2-5-11-20)21-12-6-3-7-13-21/h2-17,32H,18H2,1H3,(H,28,31). The average molecular weight is 441 g/mol. The van der Waals surface area contributed by atoms with E-state index in [4.69, 9.17) is 4.74 Å². The first-order chi connectivity index (χ1) is 16.0. The number of carbonyl (C=O) groups excluding carboxylic acids is 2. The van der Waals surface area contributed by atoms with Gasteiger partial charge in [0.05, 0.1) is 13.3 Å². The van der Waals surface area contributed by atoms with E-state index in [0.717, 1.165) is 10.9 Å². The predicted octanol–water partition coefficient (Wildman–Crippen LogP) is 3.20. The zero-order valence-corrected chi connectivity index (χ0v) is 18.0. The molecule has 0 saturated heterocycles. The Bertz CT molecular complexity index is 1260. The van der Waals surface area contributed by atoms with Gasteiger partial charge in [0.1, 0.15) is 6.54 Å². The topological polar surface area (TPSA) is 92.9 Å². The molecule has 1 heterocycles. The molecule has 1 aromatic heterocycles. The number of hydrogen-bond acceptors (Lipinski definition) is 5. The van der Waals surface area contributed by atoms with Gasteiger partial charge in [0.25, 0.3) is 5.91 Å². The fourth-order valence-corrected chi connectivity index (χ4v) is 3.74. The summed E-state index contributed by atoms with van der Waals surface area (Å²) in [7, 11) is 1.34. The molecule has 0 spiro atoms. The van der Waals surface area contributed by atoms with Crippen molar-refractivity contribution in [2.45, 2.75) is 12.1 Å². The van der Waals surface area contributed by atoms with Gasteiger partial charge < -0.3 is 14.4 Å². The van der Waals surface area contributed by atoms with Crippen LogP contribution in [-0.4, -0.2) is 34.9 Å². The number of ether oxygens (including phenoxy) is 1. The summed E-state index contributed by atoms with van der Waals surface area (Å²) >= 11 is 0. The first-order valence-corrected chi connectivity index (χ1v) is 10.4. The molecule has 2 N–H and O–H groups in total. The lowest BCUT2D eigenvalue weighted by Gasteiger charge is -2.27. The zero-order chi connectivity index (χ0) is 23.3. The van der Waals surface area contributed by atoms with E-state index in [1.807, 2.05) is 36.4 Å². The molecular formula is C26H23N3O4. The fraction of sp³-hybridized carbons (Fsp3) is 0.115. The highest BCUT2D eigenvalue weighted by Crippen LogP contribution is 2.30. The van der Waals surface area contributed by atoms with Gasteiger partial charge in [-0.05, 0) is 17.2 Å². The molecule has 7 nitrogen and oxygen atoms in total. The number of amides is 1. The second kappa shape index (κ2) is 9.50. The minimum Gasteiger partial charge on any atom is -0.468 e. The van der Waals surface area contributed by atoms with Crippen LogP contribution in [0.25, 0.3) is 10.9 Å². The van der Waals surface area contributed by atoms with E-state index in [2.05, 4.69) is 10.5 Å². The Morgan fingerprint density at radius 3 is 2.15 bits per heavy atom. The number of esters is 1. The lowest BCUT2D eigenvalue weighted by atomic mass is 9.85. The number of aliphatic hydroxyl groups is 1. The van der Waals surface area contributed by atoms with Crippen LogP contribution in [0, 0.1) is 0 Å². The predicted molar refractivity (Wildman–Crippen MR) is 126 cm³/mol. The molecule has 3 aromatic carbocycles. The summed E-state index contributed by atoms with van der Waals surface area (Å²) in [4.78, 5) is 24.9. The van der Waals surface area contributed by atoms with E-state index in [1.54, 1.807) is 59.3 Å². The van der Waals surface area contributed by atoms with Gasteiger partial charge in [-0.3, -0.25) is 9.59 Å². The molecule has 4 aromatic rings. The lowest BCUT2D eigenvalue weighted by Crippen LogP contribution is -2.43. The summed E-state index contributed by atoms with van der Waals surface area (Å²) < 4.78 is 6.53. The summed E-state index contributed by atoms with van der Waals surface area (Å²) in [5, 5.41) is 16.4. The Kier molecular flexibility index (Phi) is 6.33. The molecule has 0 fully saturated rings. The van der Waals surface area contributed by atoms with E-state index < -0.39 is 11.5 Å². The summed E-state index contributed by atoms with van der Waals surface area (Å²) in [6.45, 7) is 0.0545. The SMILES string of the molecule is COC(=O)Cn1cc(C=NNC(=O)C(O)(c2ccccc2)c2ccccc2)c2ccccc21. The quantitative estimate of drug-likeness (QED) is 0.262. The highest BCUT2D eigenvalue weighted by molar-refractivity contribution is 6.00. The van der Waals surface area contributed by atoms with Gasteiger partial charge in [-0.2, -0.15) is 5.10 Å². The minimum absolute atomic E-state index is 0.0545. The third-order valence-electron chi connectivity index (χ3n) is 5.43. The number of carbonyl (C=O) groups is 2. The van der Waals surface area contributed by atoms with Crippen LogP contribution in [0.15, 0.2) is 96.2 Å². The largest absolute Gasteiger partial charge is 0.468 e. The minimum atomic E-state index is -1.92. The summed E-state index contributed by atoms with van der Waals surface area (Å²) in [6, 6.07) is 25.0. The van der Waals surface area contributed by atoms with Crippen molar-refractivity contribution in [2.75, 3.05) is 7.11 Å². The Morgan fingerprint density at radius 1 is 0.970 bits per heavy atom. The molecule has 0 radical (unpaired) electrons. The van der Waals surface area contributed by atoms with Crippen LogP contribution in [0.3, 0.4) is 0 Å². The zero-order valence-electron chi connectivity index (χ0n) is 18.0. The van der Waals surface area contributed by atoms with Crippen molar-refractivity contribution in [1.82, 2.24) is 9.99 Å². The number of nitrogens with zero attached hydrogens (tertiary/aromatic N) is 2. The average Bonchev–Trinajstić information content (AvgIpc) is 3.21. The molecule has 0 unspecified atom stereocenters. The molecule has 1 amide bonds. The van der Waals surface area contributed by atoms with Crippen molar-refractivity contribution >= 4 is 29.0 Å². The normalized spacial score (nSPS) is 11.6. The number of aromatic nitrogens is 1. The number of methoxy groups -OCH3 is 1. The number of hydrogen-bond donors (Lipinski definition) is 2. The van der Waals surface area contributed by atoms with E-state index >= 15 is 0 Å². The van der Waals surface area contributed by atoms with Gasteiger partial charge in [0.15, 0.2) is 5.60 Å². The summed E-state index contributed by atoms with van der Waals surface area (Å²) in [5.41, 5.74) is 2.96. The van der Waals surface area contributed by atoms with E-state index in [0.29, 0.717) is 16.7 Å². The summed E-state index contributed by atoms with van der Waals surface area (Å²) in [6.07, 6.45) is 3.25. The molecule has 166 valence electrons. The third-order valence-corrected chi connectivity index (χ3v) is 5.43. The van der Waals surface area contributed by atoms with Gasteiger partial charge in [-0.15, -0.1) is 0 Å². The van der Waals surface area contributed by atoms with Gasteiger partial charge in [0, 0.05) is 22.7 Å². The monoisotopic (exact) mass is 441 g/mol. The van der Waals surface area contributed by atoms with Gasteiger partial charge in [0.2, 0.25) is 0 Å². The van der Waals surface area contributed by atoms with Crippen LogP contribution < -0.4 is 5.43 Å². The smallest absolute Gasteiger partial charge is 0.325 e. The molecule has 0 atom stereocenters. The van der Waals surface area contributed by atoms with Crippen molar-refractivity contribution < 1.29 is 19.4 Å². The van der Waals surface area contributed by atoms with Crippen LogP contribution >= 0.6 is 0 Å². The number of fused-ring (bicyclic) bond motifs is 1. The highest BCUT2D eigenvalue weighted by atomic mass is 16.5. The van der Waals surface area contributed by atoms with Crippen LogP contribution in [0.5, 0.6) is 0 Å².